The molecule has 0 saturated heterocycles. The van der Waals surface area contributed by atoms with Crippen LogP contribution in [0.15, 0.2) is 18.2 Å². The molecule has 1 aromatic rings. The maximum atomic E-state index is 11.5. The Morgan fingerprint density at radius 1 is 1.39 bits per heavy atom. The Hall–Kier alpha value is -1.55. The first kappa shape index (κ1) is 14.5. The molecule has 0 aliphatic carbocycles. The fourth-order valence-electron chi connectivity index (χ4n) is 1.62. The monoisotopic (exact) mass is 251 g/mol. The van der Waals surface area contributed by atoms with Crippen LogP contribution in [0, 0.1) is 6.92 Å². The molecular formula is C14H21NO3. The van der Waals surface area contributed by atoms with Crippen molar-refractivity contribution in [1.29, 1.82) is 0 Å². The van der Waals surface area contributed by atoms with Crippen LogP contribution in [0.2, 0.25) is 0 Å². The lowest BCUT2D eigenvalue weighted by molar-refractivity contribution is -0.123. The van der Waals surface area contributed by atoms with Gasteiger partial charge >= 0.3 is 0 Å². The number of aryl methyl sites for hydroxylation is 1. The molecule has 0 saturated carbocycles. The highest BCUT2D eigenvalue weighted by molar-refractivity contribution is 5.77. The highest BCUT2D eigenvalue weighted by Gasteiger charge is 2.11. The topological polar surface area (TPSA) is 58.6 Å². The lowest BCUT2D eigenvalue weighted by Crippen LogP contribution is -2.34. The van der Waals surface area contributed by atoms with E-state index in [2.05, 4.69) is 5.32 Å². The summed E-state index contributed by atoms with van der Waals surface area (Å²) in [5, 5.41) is 12.4. The van der Waals surface area contributed by atoms with Crippen LogP contribution >= 0.6 is 0 Å². The molecule has 1 amide bonds. The molecule has 0 aliphatic rings. The Labute approximate surface area is 108 Å². The van der Waals surface area contributed by atoms with Crippen LogP contribution in [-0.4, -0.2) is 23.7 Å². The van der Waals surface area contributed by atoms with Crippen LogP contribution in [-0.2, 0) is 4.79 Å². The van der Waals surface area contributed by atoms with Crippen molar-refractivity contribution in [1.82, 2.24) is 5.32 Å². The first-order valence-corrected chi connectivity index (χ1v) is 6.11. The molecule has 0 fully saturated rings. The minimum absolute atomic E-state index is 0.0403. The molecule has 100 valence electrons. The molecule has 1 atom stereocenters. The van der Waals surface area contributed by atoms with Gasteiger partial charge in [0, 0.05) is 11.6 Å². The number of aliphatic hydroxyl groups is 1. The second-order valence-electron chi connectivity index (χ2n) is 4.73. The van der Waals surface area contributed by atoms with Crippen LogP contribution in [0.1, 0.15) is 38.0 Å². The minimum atomic E-state index is -0.617. The smallest absolute Gasteiger partial charge is 0.258 e. The zero-order chi connectivity index (χ0) is 13.7. The number of amides is 1. The zero-order valence-corrected chi connectivity index (χ0v) is 11.4. The Balaban J connectivity index is 2.71. The van der Waals surface area contributed by atoms with E-state index < -0.39 is 6.10 Å². The van der Waals surface area contributed by atoms with Gasteiger partial charge in [-0.25, -0.2) is 0 Å². The van der Waals surface area contributed by atoms with Gasteiger partial charge in [0.25, 0.3) is 5.91 Å². The summed E-state index contributed by atoms with van der Waals surface area (Å²) >= 11 is 0. The van der Waals surface area contributed by atoms with Gasteiger partial charge in [-0.1, -0.05) is 12.1 Å². The predicted octanol–water partition coefficient (Wildman–Crippen LogP) is 1.95. The van der Waals surface area contributed by atoms with E-state index in [0.29, 0.717) is 11.3 Å². The highest BCUT2D eigenvalue weighted by atomic mass is 16.5. The molecule has 1 rings (SSSR count). The molecule has 1 aromatic carbocycles. The minimum Gasteiger partial charge on any atom is -0.483 e. The summed E-state index contributed by atoms with van der Waals surface area (Å²) in [7, 11) is 0. The molecule has 0 aliphatic heterocycles. The van der Waals surface area contributed by atoms with E-state index in [0.717, 1.165) is 5.56 Å². The fraction of sp³-hybridized carbons (Fsp3) is 0.500. The summed E-state index contributed by atoms with van der Waals surface area (Å²) in [4.78, 5) is 11.5. The third-order valence-electron chi connectivity index (χ3n) is 2.43. The number of carbonyl (C=O) groups excluding carboxylic acids is 1. The van der Waals surface area contributed by atoms with Gasteiger partial charge in [0.1, 0.15) is 5.75 Å². The maximum absolute atomic E-state index is 11.5. The quantitative estimate of drug-likeness (QED) is 0.841. The van der Waals surface area contributed by atoms with Crippen LogP contribution in [0.4, 0.5) is 0 Å². The van der Waals surface area contributed by atoms with E-state index in [-0.39, 0.29) is 18.6 Å². The van der Waals surface area contributed by atoms with Crippen molar-refractivity contribution < 1.29 is 14.6 Å². The number of hydrogen-bond acceptors (Lipinski definition) is 3. The van der Waals surface area contributed by atoms with Crippen LogP contribution in [0.3, 0.4) is 0 Å². The number of nitrogens with one attached hydrogen (secondary N) is 1. The number of aliphatic hydroxyl groups excluding tert-OH is 1. The largest absolute Gasteiger partial charge is 0.483 e. The van der Waals surface area contributed by atoms with Crippen molar-refractivity contribution >= 4 is 5.91 Å². The van der Waals surface area contributed by atoms with E-state index in [9.17, 15) is 9.90 Å². The lowest BCUT2D eigenvalue weighted by Gasteiger charge is -2.15. The average molecular weight is 251 g/mol. The van der Waals surface area contributed by atoms with Gasteiger partial charge in [0.05, 0.1) is 6.10 Å². The molecule has 0 bridgehead atoms. The lowest BCUT2D eigenvalue weighted by atomic mass is 10.1. The van der Waals surface area contributed by atoms with Gasteiger partial charge in [-0.2, -0.15) is 0 Å². The first-order chi connectivity index (χ1) is 8.40. The van der Waals surface area contributed by atoms with E-state index in [1.54, 1.807) is 6.92 Å². The van der Waals surface area contributed by atoms with E-state index in [1.165, 1.54) is 0 Å². The molecule has 2 N–H and O–H groups in total. The Morgan fingerprint density at radius 2 is 2.06 bits per heavy atom. The predicted molar refractivity (Wildman–Crippen MR) is 70.6 cm³/mol. The maximum Gasteiger partial charge on any atom is 0.258 e. The molecule has 0 heterocycles. The molecule has 0 spiro atoms. The molecular weight excluding hydrogens is 230 g/mol. The molecule has 0 aromatic heterocycles. The molecule has 18 heavy (non-hydrogen) atoms. The molecule has 4 heteroatoms. The first-order valence-electron chi connectivity index (χ1n) is 6.11. The standard InChI is InChI=1S/C14H21NO3/c1-9(2)15-14(17)8-18-13-7-10(3)5-6-12(13)11(4)16/h5-7,9,11,16H,8H2,1-4H3,(H,15,17)/t11-/m0/s1. The second kappa shape index (κ2) is 6.40. The second-order valence-corrected chi connectivity index (χ2v) is 4.73. The highest BCUT2D eigenvalue weighted by Crippen LogP contribution is 2.26. The SMILES string of the molecule is Cc1ccc([C@H](C)O)c(OCC(=O)NC(C)C)c1. The Morgan fingerprint density at radius 3 is 2.61 bits per heavy atom. The van der Waals surface area contributed by atoms with Crippen molar-refractivity contribution in [2.45, 2.75) is 39.8 Å². The van der Waals surface area contributed by atoms with Crippen molar-refractivity contribution in [3.8, 4) is 5.75 Å². The summed E-state index contributed by atoms with van der Waals surface area (Å²) in [6.45, 7) is 7.36. The van der Waals surface area contributed by atoms with Crippen molar-refractivity contribution in [2.24, 2.45) is 0 Å². The third-order valence-corrected chi connectivity index (χ3v) is 2.43. The van der Waals surface area contributed by atoms with Crippen LogP contribution in [0.25, 0.3) is 0 Å². The summed E-state index contributed by atoms with van der Waals surface area (Å²) in [6, 6.07) is 5.64. The summed E-state index contributed by atoms with van der Waals surface area (Å²) in [6.07, 6.45) is -0.617. The zero-order valence-electron chi connectivity index (χ0n) is 11.4. The fourth-order valence-corrected chi connectivity index (χ4v) is 1.62. The van der Waals surface area contributed by atoms with Gasteiger partial charge in [-0.3, -0.25) is 4.79 Å². The van der Waals surface area contributed by atoms with Crippen molar-refractivity contribution in [2.75, 3.05) is 6.61 Å². The summed E-state index contributed by atoms with van der Waals surface area (Å²) < 4.78 is 5.47. The number of ether oxygens (including phenoxy) is 1. The third kappa shape index (κ3) is 4.37. The van der Waals surface area contributed by atoms with E-state index >= 15 is 0 Å². The average Bonchev–Trinajstić information content (AvgIpc) is 2.25. The summed E-state index contributed by atoms with van der Waals surface area (Å²) in [5.74, 6) is 0.395. The molecule has 0 unspecified atom stereocenters. The van der Waals surface area contributed by atoms with Gasteiger partial charge in [0.2, 0.25) is 0 Å². The number of hydrogen-bond donors (Lipinski definition) is 2. The van der Waals surface area contributed by atoms with E-state index in [4.69, 9.17) is 4.74 Å². The number of rotatable bonds is 5. The number of benzene rings is 1. The molecule has 0 radical (unpaired) electrons. The van der Waals surface area contributed by atoms with Gasteiger partial charge in [0.15, 0.2) is 6.61 Å². The van der Waals surface area contributed by atoms with Crippen molar-refractivity contribution in [3.63, 3.8) is 0 Å². The van der Waals surface area contributed by atoms with Gasteiger partial charge < -0.3 is 15.2 Å². The molecule has 4 nitrogen and oxygen atoms in total. The van der Waals surface area contributed by atoms with Gasteiger partial charge in [-0.05, 0) is 39.3 Å². The number of carbonyl (C=O) groups is 1. The van der Waals surface area contributed by atoms with Gasteiger partial charge in [-0.15, -0.1) is 0 Å². The summed E-state index contributed by atoms with van der Waals surface area (Å²) in [5.41, 5.74) is 1.72. The van der Waals surface area contributed by atoms with Crippen molar-refractivity contribution in [3.05, 3.63) is 29.3 Å². The normalized spacial score (nSPS) is 12.3. The Bertz CT molecular complexity index is 414. The van der Waals surface area contributed by atoms with Crippen LogP contribution < -0.4 is 10.1 Å². The van der Waals surface area contributed by atoms with E-state index in [1.807, 2.05) is 39.0 Å². The Kier molecular flexibility index (Phi) is 5.16. The van der Waals surface area contributed by atoms with Crippen LogP contribution in [0.5, 0.6) is 5.75 Å².